The van der Waals surface area contributed by atoms with Crippen molar-refractivity contribution in [3.63, 3.8) is 0 Å². The summed E-state index contributed by atoms with van der Waals surface area (Å²) in [7, 11) is 5.93. The van der Waals surface area contributed by atoms with Crippen LogP contribution in [0.2, 0.25) is 0 Å². The number of aliphatic hydroxyl groups excluding tert-OH is 1. The van der Waals surface area contributed by atoms with Crippen LogP contribution in [0.1, 0.15) is 251 Å². The van der Waals surface area contributed by atoms with Crippen molar-refractivity contribution in [3.05, 3.63) is 12.2 Å². The SMILES string of the molecule is CCCCCCCCCC/C=C\CCCCCCCCCCCCCCCCCCCCCCCCCCCCCC(=O)OCC(O)COC(OCC[N+](C)(C)C)C(=O)O. The molecule has 0 bridgehead atoms. The van der Waals surface area contributed by atoms with Gasteiger partial charge in [-0.1, -0.05) is 225 Å². The van der Waals surface area contributed by atoms with Crippen LogP contribution in [0.15, 0.2) is 12.2 Å². The van der Waals surface area contributed by atoms with Gasteiger partial charge in [-0.3, -0.25) is 4.79 Å². The van der Waals surface area contributed by atoms with Crippen LogP contribution in [-0.2, 0) is 23.8 Å². The Morgan fingerprint density at radius 2 is 0.817 bits per heavy atom. The maximum Gasteiger partial charge on any atom is 0.361 e. The predicted octanol–water partition coefficient (Wildman–Crippen LogP) is 14.4. The maximum atomic E-state index is 12.0. The number of allylic oxidation sites excluding steroid dienone is 2. The second-order valence-corrected chi connectivity index (χ2v) is 19.0. The van der Waals surface area contributed by atoms with E-state index in [1.54, 1.807) is 0 Å². The van der Waals surface area contributed by atoms with Crippen LogP contribution < -0.4 is 0 Å². The fraction of sp³-hybridized carbons (Fsp3) is 0.923. The molecule has 0 rings (SSSR count). The molecule has 0 fully saturated rings. The van der Waals surface area contributed by atoms with Gasteiger partial charge in [0.1, 0.15) is 19.3 Å². The molecule has 0 aliphatic carbocycles. The van der Waals surface area contributed by atoms with E-state index in [4.69, 9.17) is 14.2 Å². The third-order valence-electron chi connectivity index (χ3n) is 11.8. The van der Waals surface area contributed by atoms with Gasteiger partial charge < -0.3 is 28.9 Å². The number of ether oxygens (including phenoxy) is 3. The zero-order chi connectivity index (χ0) is 44.0. The second-order valence-electron chi connectivity index (χ2n) is 19.0. The summed E-state index contributed by atoms with van der Waals surface area (Å²) in [6.45, 7) is 2.62. The van der Waals surface area contributed by atoms with Crippen LogP contribution in [0.25, 0.3) is 0 Å². The minimum Gasteiger partial charge on any atom is -0.477 e. The van der Waals surface area contributed by atoms with Crippen molar-refractivity contribution in [2.45, 2.75) is 263 Å². The number of likely N-dealkylation sites (N-methyl/N-ethyl adjacent to an activating group) is 1. The Morgan fingerprint density at radius 3 is 1.15 bits per heavy atom. The van der Waals surface area contributed by atoms with Crippen LogP contribution in [0.3, 0.4) is 0 Å². The summed E-state index contributed by atoms with van der Waals surface area (Å²) in [5.41, 5.74) is 0. The van der Waals surface area contributed by atoms with Gasteiger partial charge in [0.2, 0.25) is 0 Å². The molecule has 0 saturated heterocycles. The molecule has 8 nitrogen and oxygen atoms in total. The molecule has 0 aromatic heterocycles. The topological polar surface area (TPSA) is 102 Å². The number of esters is 1. The molecule has 2 atom stereocenters. The van der Waals surface area contributed by atoms with E-state index in [1.165, 1.54) is 218 Å². The highest BCUT2D eigenvalue weighted by Crippen LogP contribution is 2.17. The monoisotopic (exact) mass is 853 g/mol. The van der Waals surface area contributed by atoms with Gasteiger partial charge in [0, 0.05) is 6.42 Å². The summed E-state index contributed by atoms with van der Waals surface area (Å²) in [6.07, 6.45) is 53.2. The van der Waals surface area contributed by atoms with Gasteiger partial charge in [-0.25, -0.2) is 4.79 Å². The number of carbonyl (C=O) groups is 2. The summed E-state index contributed by atoms with van der Waals surface area (Å²) >= 11 is 0. The molecule has 0 aliphatic heterocycles. The van der Waals surface area contributed by atoms with Crippen LogP contribution in [0.5, 0.6) is 0 Å². The van der Waals surface area contributed by atoms with Crippen LogP contribution in [-0.4, -0.2) is 86.5 Å². The van der Waals surface area contributed by atoms with Gasteiger partial charge in [-0.05, 0) is 32.1 Å². The smallest absolute Gasteiger partial charge is 0.361 e. The Balaban J connectivity index is 3.31. The van der Waals surface area contributed by atoms with E-state index in [1.807, 2.05) is 21.1 Å². The number of hydrogen-bond acceptors (Lipinski definition) is 6. The van der Waals surface area contributed by atoms with E-state index in [0.717, 1.165) is 19.3 Å². The first-order valence-electron chi connectivity index (χ1n) is 25.9. The molecule has 0 aromatic rings. The van der Waals surface area contributed by atoms with Gasteiger partial charge >= 0.3 is 11.9 Å². The first kappa shape index (κ1) is 58.5. The molecular formula is C52H102NO7+. The van der Waals surface area contributed by atoms with Gasteiger partial charge in [0.05, 0.1) is 34.4 Å². The number of quaternary nitrogens is 1. The van der Waals surface area contributed by atoms with Crippen molar-refractivity contribution in [2.75, 3.05) is 47.5 Å². The summed E-state index contributed by atoms with van der Waals surface area (Å²) in [6, 6.07) is 0. The van der Waals surface area contributed by atoms with Crippen molar-refractivity contribution in [1.29, 1.82) is 0 Å². The molecule has 0 saturated carbocycles. The maximum absolute atomic E-state index is 12.0. The number of rotatable bonds is 49. The summed E-state index contributed by atoms with van der Waals surface area (Å²) in [5, 5.41) is 19.3. The molecule has 0 heterocycles. The number of carboxylic acids is 1. The van der Waals surface area contributed by atoms with Crippen molar-refractivity contribution in [2.24, 2.45) is 0 Å². The Labute approximate surface area is 372 Å². The highest BCUT2D eigenvalue weighted by Gasteiger charge is 2.22. The molecule has 0 aromatic carbocycles. The van der Waals surface area contributed by atoms with E-state index < -0.39 is 18.4 Å². The predicted molar refractivity (Wildman–Crippen MR) is 253 cm³/mol. The zero-order valence-corrected chi connectivity index (χ0v) is 40.4. The van der Waals surface area contributed by atoms with E-state index in [2.05, 4.69) is 19.1 Å². The number of hydrogen-bond donors (Lipinski definition) is 2. The lowest BCUT2D eigenvalue weighted by molar-refractivity contribution is -0.870. The van der Waals surface area contributed by atoms with Gasteiger partial charge in [0.25, 0.3) is 6.29 Å². The minimum atomic E-state index is -1.46. The first-order chi connectivity index (χ1) is 29.2. The lowest BCUT2D eigenvalue weighted by Gasteiger charge is -2.24. The lowest BCUT2D eigenvalue weighted by atomic mass is 10.0. The largest absolute Gasteiger partial charge is 0.477 e. The van der Waals surface area contributed by atoms with Gasteiger partial charge in [-0.15, -0.1) is 0 Å². The van der Waals surface area contributed by atoms with E-state index >= 15 is 0 Å². The molecule has 60 heavy (non-hydrogen) atoms. The molecule has 8 heteroatoms. The molecule has 356 valence electrons. The number of carboxylic acid groups (broad SMARTS) is 1. The van der Waals surface area contributed by atoms with Crippen LogP contribution in [0.4, 0.5) is 0 Å². The number of aliphatic carboxylic acids is 1. The van der Waals surface area contributed by atoms with Crippen molar-refractivity contribution in [1.82, 2.24) is 0 Å². The molecule has 0 amide bonds. The fourth-order valence-corrected chi connectivity index (χ4v) is 7.71. The lowest BCUT2D eigenvalue weighted by Crippen LogP contribution is -2.40. The summed E-state index contributed by atoms with van der Waals surface area (Å²) in [4.78, 5) is 23.4. The Kier molecular flexibility index (Phi) is 44.4. The van der Waals surface area contributed by atoms with E-state index in [9.17, 15) is 19.8 Å². The van der Waals surface area contributed by atoms with Crippen molar-refractivity contribution < 1.29 is 38.5 Å². The molecule has 0 radical (unpaired) electrons. The van der Waals surface area contributed by atoms with Crippen molar-refractivity contribution >= 4 is 11.9 Å². The summed E-state index contributed by atoms with van der Waals surface area (Å²) < 4.78 is 16.2. The van der Waals surface area contributed by atoms with Crippen LogP contribution >= 0.6 is 0 Å². The Bertz CT molecular complexity index is 936. The quantitative estimate of drug-likeness (QED) is 0.0207. The molecule has 2 unspecified atom stereocenters. The van der Waals surface area contributed by atoms with Crippen LogP contribution in [0, 0.1) is 0 Å². The third kappa shape index (κ3) is 47.6. The number of unbranched alkanes of at least 4 members (excludes halogenated alkanes) is 35. The van der Waals surface area contributed by atoms with Gasteiger partial charge in [-0.2, -0.15) is 0 Å². The minimum absolute atomic E-state index is 0.213. The Hall–Kier alpha value is -1.48. The molecular weight excluding hydrogens is 751 g/mol. The number of carbonyl (C=O) groups excluding carboxylic acids is 1. The average Bonchev–Trinajstić information content (AvgIpc) is 3.21. The number of aliphatic hydroxyl groups is 1. The molecule has 0 spiro atoms. The zero-order valence-electron chi connectivity index (χ0n) is 40.4. The average molecular weight is 853 g/mol. The molecule has 2 N–H and O–H groups in total. The second kappa shape index (κ2) is 45.5. The standard InChI is InChI=1S/C52H101NO7/c1-5-6-7-8-9-10-11-12-13-14-15-16-17-18-19-20-21-22-23-24-25-26-27-28-29-30-31-32-33-34-35-36-37-38-39-40-41-42-43-44-50(55)59-47-49(54)48-60-52(51(56)57)58-46-45-53(2,3)4/h14-15,49,52,54H,5-13,16-48H2,1-4H3/p+1/b15-14-. The number of nitrogens with zero attached hydrogens (tertiary/aromatic N) is 1. The normalized spacial score (nSPS) is 13.0. The fourth-order valence-electron chi connectivity index (χ4n) is 7.71. The Morgan fingerprint density at radius 1 is 0.483 bits per heavy atom. The highest BCUT2D eigenvalue weighted by molar-refractivity contribution is 5.70. The third-order valence-corrected chi connectivity index (χ3v) is 11.8. The van der Waals surface area contributed by atoms with E-state index in [0.29, 0.717) is 17.4 Å². The highest BCUT2D eigenvalue weighted by atomic mass is 16.7. The van der Waals surface area contributed by atoms with Crippen molar-refractivity contribution in [3.8, 4) is 0 Å². The van der Waals surface area contributed by atoms with E-state index in [-0.39, 0.29) is 25.8 Å². The molecule has 0 aliphatic rings. The van der Waals surface area contributed by atoms with Gasteiger partial charge in [0.15, 0.2) is 0 Å². The first-order valence-corrected chi connectivity index (χ1v) is 25.9. The summed E-state index contributed by atoms with van der Waals surface area (Å²) in [5.74, 6) is -1.60.